The minimum Gasteiger partial charge on any atom is -0.497 e. The summed E-state index contributed by atoms with van der Waals surface area (Å²) >= 11 is 0. The summed E-state index contributed by atoms with van der Waals surface area (Å²) in [5.41, 5.74) is 0.867. The summed E-state index contributed by atoms with van der Waals surface area (Å²) in [7, 11) is 3.23. The number of hydrogen-bond donors (Lipinski definition) is 0. The summed E-state index contributed by atoms with van der Waals surface area (Å²) in [5, 5.41) is 0. The first-order valence-corrected chi connectivity index (χ1v) is 3.56. The van der Waals surface area contributed by atoms with Gasteiger partial charge in [0.1, 0.15) is 11.5 Å². The molecule has 2 heteroatoms. The Hall–Kier alpha value is -1.44. The van der Waals surface area contributed by atoms with Crippen molar-refractivity contribution >= 4 is 0 Å². The van der Waals surface area contributed by atoms with Gasteiger partial charge in [0, 0.05) is 6.07 Å². The normalized spacial score (nSPS) is 9.17. The van der Waals surface area contributed by atoms with Crippen LogP contribution in [0.15, 0.2) is 24.8 Å². The van der Waals surface area contributed by atoms with Gasteiger partial charge in [-0.25, -0.2) is 0 Å². The fourth-order valence-electron chi connectivity index (χ4n) is 0.909. The lowest BCUT2D eigenvalue weighted by atomic mass is 10.2. The van der Waals surface area contributed by atoms with Crippen LogP contribution in [0.1, 0.15) is 5.56 Å². The van der Waals surface area contributed by atoms with Crippen molar-refractivity contribution in [3.8, 4) is 11.5 Å². The Balaban J connectivity index is 3.09. The molecule has 0 fully saturated rings. The van der Waals surface area contributed by atoms with Gasteiger partial charge in [0.15, 0.2) is 0 Å². The van der Waals surface area contributed by atoms with Gasteiger partial charge in [0.2, 0.25) is 0 Å². The molecule has 12 heavy (non-hydrogen) atoms. The Kier molecular flexibility index (Phi) is 2.75. The van der Waals surface area contributed by atoms with Crippen LogP contribution in [0.5, 0.6) is 11.5 Å². The van der Waals surface area contributed by atoms with E-state index in [4.69, 9.17) is 9.47 Å². The highest BCUT2D eigenvalue weighted by molar-refractivity contribution is 5.40. The lowest BCUT2D eigenvalue weighted by Gasteiger charge is -2.04. The monoisotopic (exact) mass is 163 g/mol. The van der Waals surface area contributed by atoms with Crippen molar-refractivity contribution in [3.05, 3.63) is 36.4 Å². The zero-order valence-corrected chi connectivity index (χ0v) is 7.26. The van der Waals surface area contributed by atoms with E-state index < -0.39 is 0 Å². The average Bonchev–Trinajstić information content (AvgIpc) is 2.16. The lowest BCUT2D eigenvalue weighted by Crippen LogP contribution is -1.88. The molecule has 1 aromatic carbocycles. The molecule has 2 nitrogen and oxygen atoms in total. The molecular weight excluding hydrogens is 152 g/mol. The largest absolute Gasteiger partial charge is 0.497 e. The van der Waals surface area contributed by atoms with Gasteiger partial charge >= 0.3 is 0 Å². The van der Waals surface area contributed by atoms with Crippen molar-refractivity contribution in [3.63, 3.8) is 0 Å². The molecule has 0 bridgehead atoms. The van der Waals surface area contributed by atoms with Crippen LogP contribution in [0.2, 0.25) is 0 Å². The van der Waals surface area contributed by atoms with Crippen molar-refractivity contribution in [1.29, 1.82) is 0 Å². The van der Waals surface area contributed by atoms with E-state index in [2.05, 4.69) is 12.7 Å². The molecule has 1 radical (unpaired) electrons. The fourth-order valence-corrected chi connectivity index (χ4v) is 0.909. The summed E-state index contributed by atoms with van der Waals surface area (Å²) in [6.45, 7) is 3.55. The third kappa shape index (κ3) is 1.78. The van der Waals surface area contributed by atoms with Gasteiger partial charge in [-0.15, -0.1) is 0 Å². The van der Waals surface area contributed by atoms with Gasteiger partial charge in [0.05, 0.1) is 14.2 Å². The lowest BCUT2D eigenvalue weighted by molar-refractivity contribution is 0.394. The zero-order valence-electron chi connectivity index (χ0n) is 7.26. The van der Waals surface area contributed by atoms with Crippen LogP contribution < -0.4 is 9.47 Å². The van der Waals surface area contributed by atoms with Gasteiger partial charge in [0.25, 0.3) is 0 Å². The van der Waals surface area contributed by atoms with Crippen LogP contribution >= 0.6 is 0 Å². The van der Waals surface area contributed by atoms with Crippen LogP contribution in [0.3, 0.4) is 0 Å². The molecule has 0 heterocycles. The van der Waals surface area contributed by atoms with E-state index in [1.165, 1.54) is 0 Å². The summed E-state index contributed by atoms with van der Waals surface area (Å²) in [4.78, 5) is 0. The second kappa shape index (κ2) is 3.81. The maximum Gasteiger partial charge on any atom is 0.123 e. The van der Waals surface area contributed by atoms with E-state index in [9.17, 15) is 0 Å². The minimum absolute atomic E-state index is 0.750. The van der Waals surface area contributed by atoms with Crippen LogP contribution in [-0.4, -0.2) is 14.2 Å². The van der Waals surface area contributed by atoms with Crippen LogP contribution in [-0.2, 0) is 0 Å². The Morgan fingerprint density at radius 2 is 1.58 bits per heavy atom. The molecule has 0 aromatic heterocycles. The summed E-state index contributed by atoms with van der Waals surface area (Å²) in [6, 6.07) is 5.49. The first-order chi connectivity index (χ1) is 5.80. The fraction of sp³-hybridized carbons (Fsp3) is 0.200. The number of rotatable bonds is 3. The summed E-state index contributed by atoms with van der Waals surface area (Å²) in [5.74, 6) is 1.50. The second-order valence-corrected chi connectivity index (χ2v) is 2.28. The third-order valence-electron chi connectivity index (χ3n) is 1.56. The Bertz CT molecular complexity index is 257. The molecule has 0 N–H and O–H groups in total. The zero-order chi connectivity index (χ0) is 8.97. The van der Waals surface area contributed by atoms with Gasteiger partial charge in [-0.3, -0.25) is 0 Å². The quantitative estimate of drug-likeness (QED) is 0.678. The molecular formula is C10H11O2. The van der Waals surface area contributed by atoms with E-state index >= 15 is 0 Å². The highest BCUT2D eigenvalue weighted by atomic mass is 16.5. The molecule has 1 aromatic rings. The maximum atomic E-state index is 5.05. The molecule has 0 spiro atoms. The van der Waals surface area contributed by atoms with E-state index in [0.717, 1.165) is 17.1 Å². The summed E-state index contributed by atoms with van der Waals surface area (Å²) in [6.07, 6.45) is 2.77. The predicted molar refractivity (Wildman–Crippen MR) is 47.5 cm³/mol. The van der Waals surface area contributed by atoms with Crippen molar-refractivity contribution in [2.45, 2.75) is 0 Å². The maximum absolute atomic E-state index is 5.05. The smallest absolute Gasteiger partial charge is 0.123 e. The van der Waals surface area contributed by atoms with Gasteiger partial charge in [-0.1, -0.05) is 6.58 Å². The van der Waals surface area contributed by atoms with Crippen LogP contribution in [0, 0.1) is 6.08 Å². The molecule has 0 aliphatic rings. The van der Waals surface area contributed by atoms with Gasteiger partial charge in [-0.05, 0) is 23.8 Å². The molecule has 0 unspecified atom stereocenters. The highest BCUT2D eigenvalue weighted by Gasteiger charge is 1.98. The van der Waals surface area contributed by atoms with Gasteiger partial charge in [-0.2, -0.15) is 0 Å². The number of ether oxygens (including phenoxy) is 2. The van der Waals surface area contributed by atoms with E-state index in [1.54, 1.807) is 20.3 Å². The standard InChI is InChI=1S/C10H11O2/c1-4-8-5-9(11-2)7-10(6-8)12-3/h5-7H,1H2,2-3H3. The molecule has 0 aliphatic carbocycles. The summed E-state index contributed by atoms with van der Waals surface area (Å²) < 4.78 is 10.1. The van der Waals surface area contributed by atoms with Crippen LogP contribution in [0.4, 0.5) is 0 Å². The third-order valence-corrected chi connectivity index (χ3v) is 1.56. The van der Waals surface area contributed by atoms with E-state index in [-0.39, 0.29) is 0 Å². The van der Waals surface area contributed by atoms with Crippen LogP contribution in [0.25, 0.3) is 0 Å². The Labute approximate surface area is 72.4 Å². The highest BCUT2D eigenvalue weighted by Crippen LogP contribution is 2.21. The first kappa shape index (κ1) is 8.65. The molecule has 63 valence electrons. The number of benzene rings is 1. The average molecular weight is 163 g/mol. The van der Waals surface area contributed by atoms with Crippen molar-refractivity contribution in [2.24, 2.45) is 0 Å². The molecule has 0 atom stereocenters. The van der Waals surface area contributed by atoms with Gasteiger partial charge < -0.3 is 9.47 Å². The first-order valence-electron chi connectivity index (χ1n) is 3.56. The Morgan fingerprint density at radius 3 is 1.92 bits per heavy atom. The van der Waals surface area contributed by atoms with E-state index in [0.29, 0.717) is 0 Å². The second-order valence-electron chi connectivity index (χ2n) is 2.28. The molecule has 0 saturated heterocycles. The minimum atomic E-state index is 0.750. The van der Waals surface area contributed by atoms with Crippen molar-refractivity contribution in [1.82, 2.24) is 0 Å². The molecule has 0 aliphatic heterocycles. The number of hydrogen-bond acceptors (Lipinski definition) is 2. The topological polar surface area (TPSA) is 18.5 Å². The van der Waals surface area contributed by atoms with E-state index in [1.807, 2.05) is 12.1 Å². The molecule has 0 amide bonds. The molecule has 0 saturated carbocycles. The molecule has 1 rings (SSSR count). The number of methoxy groups -OCH3 is 2. The predicted octanol–water partition coefficient (Wildman–Crippen LogP) is 2.04. The van der Waals surface area contributed by atoms with Crippen molar-refractivity contribution < 1.29 is 9.47 Å². The SMILES string of the molecule is C=[C]c1cc(OC)cc(OC)c1. The Morgan fingerprint density at radius 1 is 1.08 bits per heavy atom. The van der Waals surface area contributed by atoms with Crippen molar-refractivity contribution in [2.75, 3.05) is 14.2 Å².